The van der Waals surface area contributed by atoms with Gasteiger partial charge in [-0.05, 0) is 48.4 Å². The molecular weight excluding hydrogens is 193 g/mol. The molecule has 0 aliphatic rings. The van der Waals surface area contributed by atoms with Crippen molar-refractivity contribution in [2.75, 3.05) is 0 Å². The van der Waals surface area contributed by atoms with Crippen LogP contribution in [-0.4, -0.2) is 11.3 Å². The fourth-order valence-corrected chi connectivity index (χ4v) is 1.46. The highest BCUT2D eigenvalue weighted by Crippen LogP contribution is 2.20. The van der Waals surface area contributed by atoms with Crippen LogP contribution in [0.4, 0.5) is 4.39 Å². The zero-order valence-electron chi connectivity index (χ0n) is 8.25. The summed E-state index contributed by atoms with van der Waals surface area (Å²) in [7, 11) is 0. The van der Waals surface area contributed by atoms with Crippen molar-refractivity contribution >= 4 is 6.29 Å². The van der Waals surface area contributed by atoms with Gasteiger partial charge >= 0.3 is 0 Å². The monoisotopic (exact) mass is 203 g/mol. The molecule has 0 saturated carbocycles. The third kappa shape index (κ3) is 1.81. The Bertz CT molecular complexity index is 502. The zero-order chi connectivity index (χ0) is 10.8. The van der Waals surface area contributed by atoms with E-state index in [4.69, 9.17) is 0 Å². The molecule has 1 aromatic heterocycles. The first-order valence-corrected chi connectivity index (χ1v) is 4.61. The largest absolute Gasteiger partial charge is 0.352 e. The Morgan fingerprint density at radius 1 is 1.27 bits per heavy atom. The summed E-state index contributed by atoms with van der Waals surface area (Å²) < 4.78 is 13.0. The summed E-state index contributed by atoms with van der Waals surface area (Å²) in [4.78, 5) is 13.4. The number of hydrogen-bond acceptors (Lipinski definition) is 1. The third-order valence-electron chi connectivity index (χ3n) is 2.30. The molecule has 1 heterocycles. The number of nitrogens with one attached hydrogen (secondary N) is 1. The molecule has 3 heteroatoms. The van der Waals surface area contributed by atoms with Crippen LogP contribution < -0.4 is 0 Å². The molecule has 0 saturated heterocycles. The number of H-pyrrole nitrogens is 1. The predicted molar refractivity (Wildman–Crippen MR) is 56.3 cm³/mol. The predicted octanol–water partition coefficient (Wildman–Crippen LogP) is 2.94. The van der Waals surface area contributed by atoms with E-state index < -0.39 is 0 Å². The number of aromatic nitrogens is 1. The topological polar surface area (TPSA) is 32.9 Å². The molecule has 2 aromatic rings. The van der Waals surface area contributed by atoms with Gasteiger partial charge in [-0.15, -0.1) is 0 Å². The summed E-state index contributed by atoms with van der Waals surface area (Å²) in [5.74, 6) is -0.221. The number of aromatic amines is 1. The second-order valence-corrected chi connectivity index (χ2v) is 3.41. The summed E-state index contributed by atoms with van der Waals surface area (Å²) in [6, 6.07) is 8.35. The van der Waals surface area contributed by atoms with Gasteiger partial charge in [0.25, 0.3) is 0 Å². The molecule has 0 unspecified atom stereocenters. The van der Waals surface area contributed by atoms with Crippen LogP contribution in [0.2, 0.25) is 0 Å². The SMILES string of the molecule is Cc1cc(-c2ccc(C=O)[nH]2)ccc1F. The van der Waals surface area contributed by atoms with E-state index in [0.29, 0.717) is 11.3 Å². The van der Waals surface area contributed by atoms with E-state index in [9.17, 15) is 9.18 Å². The summed E-state index contributed by atoms with van der Waals surface area (Å²) in [5.41, 5.74) is 2.81. The summed E-state index contributed by atoms with van der Waals surface area (Å²) in [5, 5.41) is 0. The molecule has 0 bridgehead atoms. The minimum absolute atomic E-state index is 0.221. The lowest BCUT2D eigenvalue weighted by Crippen LogP contribution is -1.85. The summed E-state index contributed by atoms with van der Waals surface area (Å²) in [6.45, 7) is 1.71. The molecule has 0 atom stereocenters. The summed E-state index contributed by atoms with van der Waals surface area (Å²) in [6.07, 6.45) is 0.750. The average molecular weight is 203 g/mol. The highest BCUT2D eigenvalue weighted by atomic mass is 19.1. The Morgan fingerprint density at radius 2 is 2.07 bits per heavy atom. The van der Waals surface area contributed by atoms with E-state index in [0.717, 1.165) is 17.5 Å². The maximum absolute atomic E-state index is 13.0. The van der Waals surface area contributed by atoms with Crippen molar-refractivity contribution in [3.05, 3.63) is 47.4 Å². The normalized spacial score (nSPS) is 10.3. The lowest BCUT2D eigenvalue weighted by Gasteiger charge is -2.00. The molecule has 0 aliphatic heterocycles. The smallest absolute Gasteiger partial charge is 0.166 e. The Kier molecular flexibility index (Phi) is 2.37. The van der Waals surface area contributed by atoms with Crippen molar-refractivity contribution in [3.8, 4) is 11.3 Å². The number of hydrogen-bond donors (Lipinski definition) is 1. The minimum atomic E-state index is -0.221. The molecule has 0 aliphatic carbocycles. The van der Waals surface area contributed by atoms with Gasteiger partial charge in [-0.3, -0.25) is 4.79 Å². The van der Waals surface area contributed by atoms with Gasteiger partial charge in [0.1, 0.15) is 5.82 Å². The molecule has 0 fully saturated rings. The quantitative estimate of drug-likeness (QED) is 0.748. The maximum Gasteiger partial charge on any atom is 0.166 e. The lowest BCUT2D eigenvalue weighted by atomic mass is 10.1. The standard InChI is InChI=1S/C12H10FNO/c1-8-6-9(2-4-11(8)13)12-5-3-10(7-15)14-12/h2-7,14H,1H3. The van der Waals surface area contributed by atoms with Gasteiger partial charge in [0, 0.05) is 5.69 Å². The molecule has 1 aromatic carbocycles. The van der Waals surface area contributed by atoms with Crippen molar-refractivity contribution in [2.45, 2.75) is 6.92 Å². The van der Waals surface area contributed by atoms with Crippen molar-refractivity contribution < 1.29 is 9.18 Å². The van der Waals surface area contributed by atoms with Crippen LogP contribution in [0.25, 0.3) is 11.3 Å². The fourth-order valence-electron chi connectivity index (χ4n) is 1.46. The Balaban J connectivity index is 2.44. The number of carbonyl (C=O) groups is 1. The minimum Gasteiger partial charge on any atom is -0.352 e. The van der Waals surface area contributed by atoms with Gasteiger partial charge in [0.2, 0.25) is 0 Å². The van der Waals surface area contributed by atoms with Crippen LogP contribution in [0.3, 0.4) is 0 Å². The second-order valence-electron chi connectivity index (χ2n) is 3.41. The van der Waals surface area contributed by atoms with E-state index >= 15 is 0 Å². The van der Waals surface area contributed by atoms with Gasteiger partial charge in [-0.2, -0.15) is 0 Å². The number of carbonyl (C=O) groups excluding carboxylic acids is 1. The highest BCUT2D eigenvalue weighted by molar-refractivity contribution is 5.75. The number of benzene rings is 1. The van der Waals surface area contributed by atoms with Gasteiger partial charge in [-0.25, -0.2) is 4.39 Å². The number of aryl methyl sites for hydroxylation is 1. The van der Waals surface area contributed by atoms with Gasteiger partial charge in [0.05, 0.1) is 5.69 Å². The van der Waals surface area contributed by atoms with Gasteiger partial charge < -0.3 is 4.98 Å². The number of aldehydes is 1. The lowest BCUT2D eigenvalue weighted by molar-refractivity contribution is 0.111. The maximum atomic E-state index is 13.0. The molecule has 0 amide bonds. The van der Waals surface area contributed by atoms with E-state index in [2.05, 4.69) is 4.98 Å². The van der Waals surface area contributed by atoms with Crippen LogP contribution in [-0.2, 0) is 0 Å². The first-order chi connectivity index (χ1) is 7.20. The van der Waals surface area contributed by atoms with E-state index in [-0.39, 0.29) is 5.82 Å². The van der Waals surface area contributed by atoms with Crippen LogP contribution >= 0.6 is 0 Å². The third-order valence-corrected chi connectivity index (χ3v) is 2.30. The van der Waals surface area contributed by atoms with E-state index in [1.165, 1.54) is 6.07 Å². The van der Waals surface area contributed by atoms with E-state index in [1.54, 1.807) is 31.2 Å². The molecule has 15 heavy (non-hydrogen) atoms. The Hall–Kier alpha value is -1.90. The summed E-state index contributed by atoms with van der Waals surface area (Å²) >= 11 is 0. The zero-order valence-corrected chi connectivity index (χ0v) is 8.25. The first-order valence-electron chi connectivity index (χ1n) is 4.61. The van der Waals surface area contributed by atoms with Crippen molar-refractivity contribution in [2.24, 2.45) is 0 Å². The molecule has 0 spiro atoms. The van der Waals surface area contributed by atoms with Crippen LogP contribution in [0.1, 0.15) is 16.1 Å². The molecule has 0 radical (unpaired) electrons. The molecule has 2 rings (SSSR count). The van der Waals surface area contributed by atoms with Crippen LogP contribution in [0.5, 0.6) is 0 Å². The number of rotatable bonds is 2. The fraction of sp³-hybridized carbons (Fsp3) is 0.0833. The average Bonchev–Trinajstić information content (AvgIpc) is 2.70. The molecule has 2 nitrogen and oxygen atoms in total. The molecule has 1 N–H and O–H groups in total. The highest BCUT2D eigenvalue weighted by Gasteiger charge is 2.03. The Morgan fingerprint density at radius 3 is 2.67 bits per heavy atom. The van der Waals surface area contributed by atoms with Crippen molar-refractivity contribution in [1.82, 2.24) is 4.98 Å². The second kappa shape index (κ2) is 3.69. The van der Waals surface area contributed by atoms with Crippen molar-refractivity contribution in [1.29, 1.82) is 0 Å². The van der Waals surface area contributed by atoms with Crippen LogP contribution in [0, 0.1) is 12.7 Å². The van der Waals surface area contributed by atoms with Crippen LogP contribution in [0.15, 0.2) is 30.3 Å². The molecule has 76 valence electrons. The van der Waals surface area contributed by atoms with Gasteiger partial charge in [0.15, 0.2) is 6.29 Å². The Labute approximate surface area is 86.8 Å². The van der Waals surface area contributed by atoms with E-state index in [1.807, 2.05) is 0 Å². The number of halogens is 1. The first kappa shape index (κ1) is 9.65. The van der Waals surface area contributed by atoms with Gasteiger partial charge in [-0.1, -0.05) is 0 Å². The van der Waals surface area contributed by atoms with Crippen molar-refractivity contribution in [3.63, 3.8) is 0 Å². The molecular formula is C12H10FNO.